The van der Waals surface area contributed by atoms with Crippen LogP contribution in [0, 0.1) is 13.8 Å². The summed E-state index contributed by atoms with van der Waals surface area (Å²) in [5.41, 5.74) is 4.38. The molecular formula is C42H45N4O8P. The van der Waals surface area contributed by atoms with Crippen molar-refractivity contribution in [2.75, 3.05) is 27.4 Å². The molecule has 0 saturated carbocycles. The maximum atomic E-state index is 13.6. The Hall–Kier alpha value is -5.26. The third-order valence-corrected chi connectivity index (χ3v) is 10.3. The third-order valence-electron chi connectivity index (χ3n) is 9.95. The molecule has 0 N–H and O–H groups in total. The average Bonchev–Trinajstić information content (AvgIpc) is 3.20. The fourth-order valence-electron chi connectivity index (χ4n) is 6.94. The van der Waals surface area contributed by atoms with Crippen LogP contribution in [-0.2, 0) is 32.5 Å². The van der Waals surface area contributed by atoms with Crippen molar-refractivity contribution in [1.82, 2.24) is 19.1 Å². The number of ether oxygens (including phenoxy) is 3. The Kier molecular flexibility index (Phi) is 12.8. The summed E-state index contributed by atoms with van der Waals surface area (Å²) in [6, 6.07) is 30.1. The molecule has 1 atom stereocenters. The number of fused-ring (bicyclic) bond motifs is 2. The number of hydrogen-bond donors (Lipinski definition) is 0. The molecule has 2 aliphatic rings. The van der Waals surface area contributed by atoms with Crippen LogP contribution in [0.4, 0.5) is 0 Å². The molecule has 0 saturated heterocycles. The molecule has 0 amide bonds. The summed E-state index contributed by atoms with van der Waals surface area (Å²) >= 11 is 0. The largest absolute Gasteiger partial charge is 0.566 e. The van der Waals surface area contributed by atoms with Crippen molar-refractivity contribution in [2.24, 2.45) is 0 Å². The number of nitrogens with zero attached hydrogens (tertiary/aromatic N) is 4. The van der Waals surface area contributed by atoms with Gasteiger partial charge < -0.3 is 23.7 Å². The van der Waals surface area contributed by atoms with Crippen LogP contribution in [0.25, 0.3) is 22.6 Å². The molecule has 4 aromatic rings. The van der Waals surface area contributed by atoms with Gasteiger partial charge in [0.25, 0.3) is 5.56 Å². The first kappa shape index (κ1) is 39.4. The van der Waals surface area contributed by atoms with E-state index in [2.05, 4.69) is 26.6 Å². The van der Waals surface area contributed by atoms with E-state index >= 15 is 0 Å². The second kappa shape index (κ2) is 17.9. The van der Waals surface area contributed by atoms with Gasteiger partial charge in [-0.25, -0.2) is 9.78 Å². The number of aryl methyl sites for hydroxylation is 3. The van der Waals surface area contributed by atoms with E-state index in [4.69, 9.17) is 14.2 Å². The van der Waals surface area contributed by atoms with Gasteiger partial charge >= 0.3 is 13.9 Å². The van der Waals surface area contributed by atoms with Crippen LogP contribution in [0.5, 0.6) is 11.5 Å². The molecule has 0 aliphatic carbocycles. The lowest BCUT2D eigenvalue weighted by Crippen LogP contribution is -2.39. The second-order valence-electron chi connectivity index (χ2n) is 13.4. The second-order valence-corrected chi connectivity index (χ2v) is 14.1. The van der Waals surface area contributed by atoms with E-state index in [-0.39, 0.29) is 31.1 Å². The molecule has 2 heterocycles. The zero-order chi connectivity index (χ0) is 39.0. The predicted molar refractivity (Wildman–Crippen MR) is 209 cm³/mol. The van der Waals surface area contributed by atoms with Crippen molar-refractivity contribution in [3.63, 3.8) is 0 Å². The standard InChI is InChI=1S/C42H45N4O8P/c1-29-27-36-37(28-30(29)2)45(39-38(43-36)40(47)46(41(48)44-39)24-12-26-54-55(49)50)23-10-5-6-11-25-53-42(31-13-8-7-9-14-31,32-15-19-34(51-3)20-16-32)33-17-21-35(52-4)22-18-33/h7-9,13-22,27-28H,5-6,10-12,23-26H2,1-4H3. The van der Waals surface area contributed by atoms with Gasteiger partial charge in [-0.05, 0) is 102 Å². The number of unbranched alkanes of at least 4 members (excludes halogenated alkanes) is 3. The smallest absolute Gasteiger partial charge is 0.488 e. The van der Waals surface area contributed by atoms with Crippen molar-refractivity contribution < 1.29 is 28.2 Å². The van der Waals surface area contributed by atoms with Crippen LogP contribution in [0.3, 0.4) is 0 Å². The lowest BCUT2D eigenvalue weighted by molar-refractivity contribution is -0.185. The molecule has 55 heavy (non-hydrogen) atoms. The molecule has 286 valence electrons. The zero-order valence-corrected chi connectivity index (χ0v) is 32.4. The summed E-state index contributed by atoms with van der Waals surface area (Å²) in [6.45, 7) is 4.82. The third kappa shape index (κ3) is 8.68. The minimum absolute atomic E-state index is 0.0407. The van der Waals surface area contributed by atoms with Gasteiger partial charge in [0.05, 0.1) is 25.3 Å². The summed E-state index contributed by atoms with van der Waals surface area (Å²) in [5, 5.41) is 0. The van der Waals surface area contributed by atoms with Gasteiger partial charge in [-0.1, -0.05) is 67.4 Å². The molecule has 6 rings (SSSR count). The molecule has 2 aliphatic heterocycles. The van der Waals surface area contributed by atoms with E-state index < -0.39 is 25.1 Å². The molecular weight excluding hydrogens is 719 g/mol. The van der Waals surface area contributed by atoms with Crippen molar-refractivity contribution in [1.29, 1.82) is 0 Å². The number of aromatic nitrogens is 4. The number of rotatable bonds is 18. The maximum absolute atomic E-state index is 13.6. The van der Waals surface area contributed by atoms with Gasteiger partial charge in [0.1, 0.15) is 23.7 Å². The Balaban J connectivity index is 1.21. The van der Waals surface area contributed by atoms with Crippen LogP contribution in [-0.4, -0.2) is 46.5 Å². The zero-order valence-electron chi connectivity index (χ0n) is 31.5. The van der Waals surface area contributed by atoms with Gasteiger partial charge in [-0.3, -0.25) is 9.36 Å². The summed E-state index contributed by atoms with van der Waals surface area (Å²) in [4.78, 5) is 46.5. The van der Waals surface area contributed by atoms with Gasteiger partial charge in [0.2, 0.25) is 0 Å². The summed E-state index contributed by atoms with van der Waals surface area (Å²) in [6.07, 6.45) is 3.43. The van der Waals surface area contributed by atoms with E-state index in [9.17, 15) is 19.0 Å². The highest BCUT2D eigenvalue weighted by atomic mass is 31.1. The Morgan fingerprint density at radius 1 is 0.691 bits per heavy atom. The molecule has 0 radical (unpaired) electrons. The molecule has 0 fully saturated rings. The predicted octanol–water partition coefficient (Wildman–Crippen LogP) is 6.69. The molecule has 0 aromatic heterocycles. The van der Waals surface area contributed by atoms with Gasteiger partial charge in [0.15, 0.2) is 11.5 Å². The Morgan fingerprint density at radius 2 is 1.27 bits per heavy atom. The summed E-state index contributed by atoms with van der Waals surface area (Å²) < 4.78 is 36.2. The van der Waals surface area contributed by atoms with Gasteiger partial charge in [0, 0.05) is 19.7 Å². The molecule has 4 aromatic carbocycles. The van der Waals surface area contributed by atoms with Crippen LogP contribution < -0.4 is 25.6 Å². The highest BCUT2D eigenvalue weighted by Crippen LogP contribution is 2.42. The Morgan fingerprint density at radius 3 is 1.89 bits per heavy atom. The minimum Gasteiger partial charge on any atom is -0.566 e. The first-order valence-corrected chi connectivity index (χ1v) is 19.4. The van der Waals surface area contributed by atoms with E-state index in [1.807, 2.05) is 97.3 Å². The van der Waals surface area contributed by atoms with Gasteiger partial charge in [-0.15, -0.1) is 4.52 Å². The van der Waals surface area contributed by atoms with Crippen molar-refractivity contribution in [2.45, 2.75) is 64.6 Å². The fourth-order valence-corrected chi connectivity index (χ4v) is 7.21. The van der Waals surface area contributed by atoms with Crippen molar-refractivity contribution in [3.8, 4) is 23.0 Å². The SMILES string of the molecule is COc1ccc(C(OCCCCCCn2c3nc(=O)n(CCCO[P+](=O)[O-])c(=O)c-3nc3cc(C)c(C)cc32)(c2ccccc2)c2ccc(OC)cc2)cc1. The van der Waals surface area contributed by atoms with E-state index in [0.29, 0.717) is 18.7 Å². The minimum atomic E-state index is -3.02. The number of hydrogen-bond acceptors (Lipinski definition) is 10. The average molecular weight is 765 g/mol. The molecule has 12 nitrogen and oxygen atoms in total. The van der Waals surface area contributed by atoms with Crippen LogP contribution in [0.15, 0.2) is 101 Å². The summed E-state index contributed by atoms with van der Waals surface area (Å²) in [7, 11) is 0.286. The van der Waals surface area contributed by atoms with Crippen LogP contribution in [0.1, 0.15) is 59.9 Å². The normalized spacial score (nSPS) is 12.0. The van der Waals surface area contributed by atoms with E-state index in [0.717, 1.165) is 75.1 Å². The fraction of sp³-hybridized carbons (Fsp3) is 0.333. The van der Waals surface area contributed by atoms with Crippen molar-refractivity contribution in [3.05, 3.63) is 140 Å². The number of benzene rings is 4. The quantitative estimate of drug-likeness (QED) is 0.0402. The monoisotopic (exact) mass is 764 g/mol. The highest BCUT2D eigenvalue weighted by molar-refractivity contribution is 7.30. The summed E-state index contributed by atoms with van der Waals surface area (Å²) in [5.74, 6) is 1.75. The van der Waals surface area contributed by atoms with E-state index in [1.54, 1.807) is 14.2 Å². The molecule has 1 unspecified atom stereocenters. The molecule has 0 bridgehead atoms. The lowest BCUT2D eigenvalue weighted by atomic mass is 9.80. The van der Waals surface area contributed by atoms with E-state index in [1.165, 1.54) is 0 Å². The van der Waals surface area contributed by atoms with Crippen molar-refractivity contribution >= 4 is 19.3 Å². The maximum Gasteiger partial charge on any atom is 0.488 e. The van der Waals surface area contributed by atoms with Crippen LogP contribution >= 0.6 is 8.25 Å². The highest BCUT2D eigenvalue weighted by Gasteiger charge is 2.37. The molecule has 13 heteroatoms. The molecule has 0 spiro atoms. The lowest BCUT2D eigenvalue weighted by Gasteiger charge is -2.36. The first-order chi connectivity index (χ1) is 26.7. The Labute approximate surface area is 320 Å². The van der Waals surface area contributed by atoms with Gasteiger partial charge in [-0.2, -0.15) is 4.98 Å². The number of methoxy groups -OCH3 is 2. The van der Waals surface area contributed by atoms with Crippen LogP contribution in [0.2, 0.25) is 0 Å². The first-order valence-electron chi connectivity index (χ1n) is 18.3. The topological polar surface area (TPSA) is 147 Å². The Bertz CT molecular complexity index is 2280.